The topological polar surface area (TPSA) is 122 Å². The molecule has 8 heteroatoms. The molecule has 1 aromatic heterocycles. The normalized spacial score (nSPS) is 19.1. The van der Waals surface area contributed by atoms with Gasteiger partial charge in [-0.05, 0) is 37.8 Å². The maximum Gasteiger partial charge on any atom is 0.254 e. The van der Waals surface area contributed by atoms with Crippen LogP contribution < -0.4 is 21.7 Å². The number of aromatic nitrogens is 2. The van der Waals surface area contributed by atoms with E-state index >= 15 is 0 Å². The lowest BCUT2D eigenvalue weighted by atomic mass is 9.85. The minimum absolute atomic E-state index is 0.0708. The molecule has 1 heterocycles. The quantitative estimate of drug-likeness (QED) is 0.619. The number of anilines is 3. The van der Waals surface area contributed by atoms with Crippen LogP contribution in [0.2, 0.25) is 0 Å². The van der Waals surface area contributed by atoms with Crippen molar-refractivity contribution < 1.29 is 9.59 Å². The molecule has 3 rings (SSSR count). The third-order valence-corrected chi connectivity index (χ3v) is 4.77. The van der Waals surface area contributed by atoms with E-state index in [-0.39, 0.29) is 23.4 Å². The molecule has 0 bridgehead atoms. The van der Waals surface area contributed by atoms with Crippen LogP contribution in [0.15, 0.2) is 36.5 Å². The highest BCUT2D eigenvalue weighted by Gasteiger charge is 2.26. The Morgan fingerprint density at radius 2 is 1.81 bits per heavy atom. The second-order valence-electron chi connectivity index (χ2n) is 6.62. The van der Waals surface area contributed by atoms with E-state index in [1.54, 1.807) is 7.05 Å². The lowest BCUT2D eigenvalue weighted by Crippen LogP contribution is -2.34. The number of amides is 2. The van der Waals surface area contributed by atoms with Gasteiger partial charge in [-0.1, -0.05) is 18.2 Å². The fourth-order valence-corrected chi connectivity index (χ4v) is 3.27. The number of rotatable bonds is 6. The fraction of sp³-hybridized carbons (Fsp3) is 0.368. The Labute approximate surface area is 158 Å². The average Bonchev–Trinajstić information content (AvgIpc) is 2.69. The molecule has 1 aromatic carbocycles. The molecular formula is C19H24N6O2. The van der Waals surface area contributed by atoms with E-state index in [0.29, 0.717) is 11.8 Å². The monoisotopic (exact) mass is 368 g/mol. The van der Waals surface area contributed by atoms with Crippen LogP contribution >= 0.6 is 0 Å². The maximum absolute atomic E-state index is 11.7. The van der Waals surface area contributed by atoms with Crippen LogP contribution in [0.25, 0.3) is 0 Å². The molecule has 0 aliphatic heterocycles. The minimum Gasteiger partial charge on any atom is -0.365 e. The van der Waals surface area contributed by atoms with Gasteiger partial charge in [-0.2, -0.15) is 4.98 Å². The fourth-order valence-electron chi connectivity index (χ4n) is 3.27. The summed E-state index contributed by atoms with van der Waals surface area (Å²) in [6.45, 7) is 0. The van der Waals surface area contributed by atoms with Gasteiger partial charge < -0.3 is 21.7 Å². The SMILES string of the molecule is CNC(=O)[C@H]1CC[C@H](Nc2ncc(C(N)=O)c(Nc3ccccc3)n2)CC1. The molecule has 0 saturated heterocycles. The number of nitrogens with zero attached hydrogens (tertiary/aromatic N) is 2. The summed E-state index contributed by atoms with van der Waals surface area (Å²) in [6.07, 6.45) is 4.80. The van der Waals surface area contributed by atoms with E-state index in [1.165, 1.54) is 6.20 Å². The standard InChI is InChI=1S/C19H24N6O2/c1-21-18(27)12-7-9-14(10-8-12)24-19-22-11-15(16(20)26)17(25-19)23-13-5-3-2-4-6-13/h2-6,11-12,14H,7-10H2,1H3,(H2,20,26)(H,21,27)(H2,22,23,24,25)/t12-,14-. The van der Waals surface area contributed by atoms with Crippen molar-refractivity contribution in [1.29, 1.82) is 0 Å². The molecule has 1 fully saturated rings. The van der Waals surface area contributed by atoms with E-state index in [2.05, 4.69) is 25.9 Å². The zero-order chi connectivity index (χ0) is 19.2. The van der Waals surface area contributed by atoms with Crippen molar-refractivity contribution in [3.05, 3.63) is 42.1 Å². The first-order chi connectivity index (χ1) is 13.1. The number of nitrogens with one attached hydrogen (secondary N) is 3. The van der Waals surface area contributed by atoms with Gasteiger partial charge in [0.05, 0.1) is 0 Å². The van der Waals surface area contributed by atoms with Gasteiger partial charge in [0, 0.05) is 30.9 Å². The Hall–Kier alpha value is -3.16. The predicted molar refractivity (Wildman–Crippen MR) is 104 cm³/mol. The molecule has 1 saturated carbocycles. The molecule has 27 heavy (non-hydrogen) atoms. The number of carbonyl (C=O) groups excluding carboxylic acids is 2. The Morgan fingerprint density at radius 3 is 2.44 bits per heavy atom. The molecule has 5 N–H and O–H groups in total. The Kier molecular flexibility index (Phi) is 5.85. The number of hydrogen-bond donors (Lipinski definition) is 4. The summed E-state index contributed by atoms with van der Waals surface area (Å²) < 4.78 is 0. The zero-order valence-electron chi connectivity index (χ0n) is 15.2. The second-order valence-corrected chi connectivity index (χ2v) is 6.62. The number of nitrogens with two attached hydrogens (primary N) is 1. The molecular weight excluding hydrogens is 344 g/mol. The molecule has 0 atom stereocenters. The third-order valence-electron chi connectivity index (χ3n) is 4.77. The van der Waals surface area contributed by atoms with Crippen LogP contribution in [0.1, 0.15) is 36.0 Å². The van der Waals surface area contributed by atoms with Crippen molar-refractivity contribution in [2.45, 2.75) is 31.7 Å². The van der Waals surface area contributed by atoms with Gasteiger partial charge in [-0.15, -0.1) is 0 Å². The largest absolute Gasteiger partial charge is 0.365 e. The molecule has 0 spiro atoms. The lowest BCUT2D eigenvalue weighted by molar-refractivity contribution is -0.125. The first kappa shape index (κ1) is 18.6. The number of primary amides is 1. The summed E-state index contributed by atoms with van der Waals surface area (Å²) in [7, 11) is 1.67. The summed E-state index contributed by atoms with van der Waals surface area (Å²) in [5.41, 5.74) is 6.47. The molecule has 142 valence electrons. The lowest BCUT2D eigenvalue weighted by Gasteiger charge is -2.28. The van der Waals surface area contributed by atoms with E-state index in [9.17, 15) is 9.59 Å². The van der Waals surface area contributed by atoms with Crippen LogP contribution in [-0.4, -0.2) is 34.9 Å². The van der Waals surface area contributed by atoms with Crippen molar-refractivity contribution >= 4 is 29.3 Å². The molecule has 1 aliphatic carbocycles. The summed E-state index contributed by atoms with van der Waals surface area (Å²) >= 11 is 0. The number of hydrogen-bond acceptors (Lipinski definition) is 6. The molecule has 0 unspecified atom stereocenters. The van der Waals surface area contributed by atoms with Crippen LogP contribution in [-0.2, 0) is 4.79 Å². The molecule has 2 aromatic rings. The smallest absolute Gasteiger partial charge is 0.254 e. The molecule has 0 radical (unpaired) electrons. The van der Waals surface area contributed by atoms with E-state index in [4.69, 9.17) is 5.73 Å². The van der Waals surface area contributed by atoms with Crippen molar-refractivity contribution in [3.63, 3.8) is 0 Å². The van der Waals surface area contributed by atoms with Gasteiger partial charge in [-0.3, -0.25) is 9.59 Å². The highest BCUT2D eigenvalue weighted by Crippen LogP contribution is 2.27. The Bertz CT molecular complexity index is 803. The second kappa shape index (κ2) is 8.48. The van der Waals surface area contributed by atoms with Gasteiger partial charge in [0.25, 0.3) is 5.91 Å². The minimum atomic E-state index is -0.592. The van der Waals surface area contributed by atoms with Crippen molar-refractivity contribution in [1.82, 2.24) is 15.3 Å². The highest BCUT2D eigenvalue weighted by molar-refractivity contribution is 5.98. The van der Waals surface area contributed by atoms with Crippen LogP contribution in [0.3, 0.4) is 0 Å². The third kappa shape index (κ3) is 4.72. The molecule has 2 amide bonds. The average molecular weight is 368 g/mol. The Balaban J connectivity index is 1.70. The van der Waals surface area contributed by atoms with Crippen molar-refractivity contribution in [3.8, 4) is 0 Å². The van der Waals surface area contributed by atoms with Crippen LogP contribution in [0.5, 0.6) is 0 Å². The zero-order valence-corrected chi connectivity index (χ0v) is 15.2. The Morgan fingerprint density at radius 1 is 1.11 bits per heavy atom. The molecule has 1 aliphatic rings. The summed E-state index contributed by atoms with van der Waals surface area (Å²) in [5, 5.41) is 9.13. The van der Waals surface area contributed by atoms with E-state index < -0.39 is 5.91 Å². The van der Waals surface area contributed by atoms with Gasteiger partial charge in [0.2, 0.25) is 11.9 Å². The van der Waals surface area contributed by atoms with E-state index in [0.717, 1.165) is 31.4 Å². The van der Waals surface area contributed by atoms with E-state index in [1.807, 2.05) is 30.3 Å². The molecule has 8 nitrogen and oxygen atoms in total. The van der Waals surface area contributed by atoms with Gasteiger partial charge in [0.15, 0.2) is 0 Å². The number of carbonyl (C=O) groups is 2. The van der Waals surface area contributed by atoms with Crippen LogP contribution in [0.4, 0.5) is 17.5 Å². The van der Waals surface area contributed by atoms with Crippen molar-refractivity contribution in [2.24, 2.45) is 11.7 Å². The van der Waals surface area contributed by atoms with Gasteiger partial charge >= 0.3 is 0 Å². The van der Waals surface area contributed by atoms with Crippen LogP contribution in [0, 0.1) is 5.92 Å². The summed E-state index contributed by atoms with van der Waals surface area (Å²) in [5.74, 6) is 0.379. The van der Waals surface area contributed by atoms with Crippen molar-refractivity contribution in [2.75, 3.05) is 17.7 Å². The maximum atomic E-state index is 11.7. The summed E-state index contributed by atoms with van der Waals surface area (Å²) in [4.78, 5) is 32.1. The summed E-state index contributed by atoms with van der Waals surface area (Å²) in [6, 6.07) is 9.62. The first-order valence-corrected chi connectivity index (χ1v) is 9.04. The van der Waals surface area contributed by atoms with Gasteiger partial charge in [0.1, 0.15) is 11.4 Å². The highest BCUT2D eigenvalue weighted by atomic mass is 16.2. The number of benzene rings is 1. The first-order valence-electron chi connectivity index (χ1n) is 9.04. The predicted octanol–water partition coefficient (Wildman–Crippen LogP) is 2.04. The van der Waals surface area contributed by atoms with Gasteiger partial charge in [-0.25, -0.2) is 4.98 Å². The number of para-hydroxylation sites is 1.